The Balaban J connectivity index is 3.26. The Labute approximate surface area is 72.9 Å². The first-order chi connectivity index (χ1) is 6.16. The average molecular weight is 182 g/mol. The lowest BCUT2D eigenvalue weighted by molar-refractivity contribution is -0.385. The summed E-state index contributed by atoms with van der Waals surface area (Å²) < 4.78 is 0. The van der Waals surface area contributed by atoms with Gasteiger partial charge in [-0.05, 0) is 6.07 Å². The fourth-order valence-electron chi connectivity index (χ4n) is 0.862. The van der Waals surface area contributed by atoms with Gasteiger partial charge in [0.2, 0.25) is 5.75 Å². The zero-order valence-corrected chi connectivity index (χ0v) is 6.41. The van der Waals surface area contributed by atoms with E-state index in [9.17, 15) is 15.2 Å². The van der Waals surface area contributed by atoms with E-state index < -0.39 is 16.4 Å². The molecule has 1 aromatic rings. The van der Waals surface area contributed by atoms with E-state index in [0.29, 0.717) is 0 Å². The maximum atomic E-state index is 10.3. The van der Waals surface area contributed by atoms with Crippen LogP contribution in [0.5, 0.6) is 5.75 Å². The molecular formula is C7H6N2O4. The predicted molar refractivity (Wildman–Crippen MR) is 44.1 cm³/mol. The van der Waals surface area contributed by atoms with E-state index in [4.69, 9.17) is 5.21 Å². The van der Waals surface area contributed by atoms with Crippen LogP contribution in [0.25, 0.3) is 0 Å². The second-order valence-corrected chi connectivity index (χ2v) is 2.22. The van der Waals surface area contributed by atoms with Crippen molar-refractivity contribution in [2.24, 2.45) is 5.16 Å². The highest BCUT2D eigenvalue weighted by Crippen LogP contribution is 2.27. The maximum Gasteiger partial charge on any atom is 0.311 e. The molecule has 0 saturated heterocycles. The van der Waals surface area contributed by atoms with Crippen molar-refractivity contribution >= 4 is 11.9 Å². The number of aromatic hydroxyl groups is 1. The quantitative estimate of drug-likeness (QED) is 0.310. The molecule has 13 heavy (non-hydrogen) atoms. The Hall–Kier alpha value is -2.11. The van der Waals surface area contributed by atoms with Gasteiger partial charge in [0.05, 0.1) is 11.1 Å². The third kappa shape index (κ3) is 1.73. The van der Waals surface area contributed by atoms with Crippen LogP contribution in [0.4, 0.5) is 5.69 Å². The van der Waals surface area contributed by atoms with Crippen molar-refractivity contribution < 1.29 is 15.2 Å². The van der Waals surface area contributed by atoms with Gasteiger partial charge in [0.1, 0.15) is 0 Å². The standard InChI is InChI=1S/C7H6N2O4/c10-7-5(4-8-11)2-1-3-6(7)9(12)13/h1-4,10-11H. The summed E-state index contributed by atoms with van der Waals surface area (Å²) in [4.78, 5) is 9.60. The van der Waals surface area contributed by atoms with Crippen LogP contribution < -0.4 is 0 Å². The van der Waals surface area contributed by atoms with E-state index >= 15 is 0 Å². The van der Waals surface area contributed by atoms with Crippen LogP contribution in [-0.4, -0.2) is 21.5 Å². The van der Waals surface area contributed by atoms with Crippen LogP contribution in [0.1, 0.15) is 5.56 Å². The Morgan fingerprint density at radius 2 is 2.23 bits per heavy atom. The fraction of sp³-hybridized carbons (Fsp3) is 0. The first-order valence-corrected chi connectivity index (χ1v) is 3.30. The van der Waals surface area contributed by atoms with Gasteiger partial charge < -0.3 is 10.3 Å². The monoisotopic (exact) mass is 182 g/mol. The Morgan fingerprint density at radius 1 is 1.54 bits per heavy atom. The fourth-order valence-corrected chi connectivity index (χ4v) is 0.862. The minimum atomic E-state index is -0.718. The van der Waals surface area contributed by atoms with Crippen molar-refractivity contribution in [1.82, 2.24) is 0 Å². The molecule has 6 nitrogen and oxygen atoms in total. The van der Waals surface area contributed by atoms with E-state index in [-0.39, 0.29) is 5.56 Å². The number of nitro groups is 1. The molecule has 0 aliphatic rings. The minimum absolute atomic E-state index is 0.0942. The summed E-state index contributed by atoms with van der Waals surface area (Å²) in [6.07, 6.45) is 0.919. The number of hydrogen-bond donors (Lipinski definition) is 2. The SMILES string of the molecule is O=[N+]([O-])c1cccc(C=NO)c1O. The molecule has 0 aliphatic heterocycles. The molecule has 0 spiro atoms. The van der Waals surface area contributed by atoms with E-state index in [1.54, 1.807) is 0 Å². The zero-order chi connectivity index (χ0) is 9.84. The van der Waals surface area contributed by atoms with Gasteiger partial charge in [0, 0.05) is 11.6 Å². The number of phenolic OH excluding ortho intramolecular Hbond substituents is 1. The highest BCUT2D eigenvalue weighted by Gasteiger charge is 2.14. The number of nitrogens with zero attached hydrogens (tertiary/aromatic N) is 2. The highest BCUT2D eigenvalue weighted by molar-refractivity contribution is 5.85. The van der Waals surface area contributed by atoms with E-state index in [1.807, 2.05) is 0 Å². The summed E-state index contributed by atoms with van der Waals surface area (Å²) in [5.41, 5.74) is -0.325. The van der Waals surface area contributed by atoms with Crippen LogP contribution in [-0.2, 0) is 0 Å². The Kier molecular flexibility index (Phi) is 2.44. The summed E-state index contributed by atoms with van der Waals surface area (Å²) in [6.45, 7) is 0. The van der Waals surface area contributed by atoms with Crippen molar-refractivity contribution in [3.8, 4) is 5.75 Å². The molecule has 0 atom stereocenters. The molecule has 68 valence electrons. The molecule has 0 amide bonds. The number of oxime groups is 1. The van der Waals surface area contributed by atoms with Gasteiger partial charge in [0.15, 0.2) is 0 Å². The molecule has 2 N–H and O–H groups in total. The molecule has 0 saturated carbocycles. The van der Waals surface area contributed by atoms with Gasteiger partial charge in [0.25, 0.3) is 0 Å². The van der Waals surface area contributed by atoms with Gasteiger partial charge in [-0.1, -0.05) is 11.2 Å². The highest BCUT2D eigenvalue weighted by atomic mass is 16.6. The van der Waals surface area contributed by atoms with Crippen LogP contribution in [0, 0.1) is 10.1 Å². The van der Waals surface area contributed by atoms with Gasteiger partial charge in [-0.25, -0.2) is 0 Å². The van der Waals surface area contributed by atoms with Gasteiger partial charge >= 0.3 is 5.69 Å². The number of benzene rings is 1. The van der Waals surface area contributed by atoms with Gasteiger partial charge in [-0.3, -0.25) is 10.1 Å². The molecule has 0 heterocycles. The smallest absolute Gasteiger partial charge is 0.311 e. The van der Waals surface area contributed by atoms with Gasteiger partial charge in [-0.2, -0.15) is 0 Å². The summed E-state index contributed by atoms with van der Waals surface area (Å²) in [5.74, 6) is -0.509. The largest absolute Gasteiger partial charge is 0.502 e. The maximum absolute atomic E-state index is 10.3. The van der Waals surface area contributed by atoms with Crippen LogP contribution in [0.15, 0.2) is 23.4 Å². The Morgan fingerprint density at radius 3 is 2.77 bits per heavy atom. The number of hydrogen-bond acceptors (Lipinski definition) is 5. The lowest BCUT2D eigenvalue weighted by Gasteiger charge is -1.97. The molecule has 0 radical (unpaired) electrons. The second kappa shape index (κ2) is 3.53. The first-order valence-electron chi connectivity index (χ1n) is 3.30. The van der Waals surface area contributed by atoms with E-state index in [2.05, 4.69) is 5.16 Å². The molecular weight excluding hydrogens is 176 g/mol. The van der Waals surface area contributed by atoms with Crippen molar-refractivity contribution in [1.29, 1.82) is 0 Å². The van der Waals surface area contributed by atoms with Crippen molar-refractivity contribution in [3.63, 3.8) is 0 Å². The topological polar surface area (TPSA) is 96.0 Å². The molecule has 1 rings (SSSR count). The third-order valence-corrected chi connectivity index (χ3v) is 1.44. The zero-order valence-electron chi connectivity index (χ0n) is 6.41. The van der Waals surface area contributed by atoms with Crippen molar-refractivity contribution in [2.75, 3.05) is 0 Å². The number of phenols is 1. The molecule has 6 heteroatoms. The average Bonchev–Trinajstić information content (AvgIpc) is 2.08. The van der Waals surface area contributed by atoms with Gasteiger partial charge in [-0.15, -0.1) is 0 Å². The lowest BCUT2D eigenvalue weighted by atomic mass is 10.2. The summed E-state index contributed by atoms with van der Waals surface area (Å²) in [5, 5.41) is 30.4. The summed E-state index contributed by atoms with van der Waals surface area (Å²) in [6, 6.07) is 3.93. The molecule has 1 aromatic carbocycles. The minimum Gasteiger partial charge on any atom is -0.502 e. The molecule has 0 bridgehead atoms. The molecule has 0 aliphatic carbocycles. The first kappa shape index (κ1) is 8.98. The lowest BCUT2D eigenvalue weighted by Crippen LogP contribution is -1.91. The van der Waals surface area contributed by atoms with Crippen molar-refractivity contribution in [3.05, 3.63) is 33.9 Å². The molecule has 0 unspecified atom stereocenters. The molecule has 0 aromatic heterocycles. The summed E-state index contributed by atoms with van der Waals surface area (Å²) >= 11 is 0. The Bertz CT molecular complexity index is 362. The summed E-state index contributed by atoms with van der Waals surface area (Å²) in [7, 11) is 0. The molecule has 0 fully saturated rings. The number of para-hydroxylation sites is 1. The van der Waals surface area contributed by atoms with Crippen LogP contribution in [0.3, 0.4) is 0 Å². The number of nitro benzene ring substituents is 1. The van der Waals surface area contributed by atoms with E-state index in [1.165, 1.54) is 12.1 Å². The van der Waals surface area contributed by atoms with Crippen molar-refractivity contribution in [2.45, 2.75) is 0 Å². The number of rotatable bonds is 2. The van der Waals surface area contributed by atoms with Crippen LogP contribution in [0.2, 0.25) is 0 Å². The third-order valence-electron chi connectivity index (χ3n) is 1.44. The normalized spacial score (nSPS) is 10.5. The second-order valence-electron chi connectivity index (χ2n) is 2.22. The van der Waals surface area contributed by atoms with E-state index in [0.717, 1.165) is 12.3 Å². The van der Waals surface area contributed by atoms with Crippen LogP contribution >= 0.6 is 0 Å². The predicted octanol–water partition coefficient (Wildman–Crippen LogP) is 1.11.